The molecule has 3 nitrogen and oxygen atoms in total. The summed E-state index contributed by atoms with van der Waals surface area (Å²) in [4.78, 5) is 13.1. The summed E-state index contributed by atoms with van der Waals surface area (Å²) in [5.41, 5.74) is 2.53. The topological polar surface area (TPSA) is 38.3 Å². The third-order valence-electron chi connectivity index (χ3n) is 3.88. The molecule has 0 aliphatic rings. The van der Waals surface area contributed by atoms with Crippen molar-refractivity contribution in [2.75, 3.05) is 12.3 Å². The van der Waals surface area contributed by atoms with E-state index in [-0.39, 0.29) is 12.0 Å². The predicted molar refractivity (Wildman–Crippen MR) is 110 cm³/mol. The van der Waals surface area contributed by atoms with Crippen LogP contribution < -0.4 is 10.1 Å². The molecule has 2 rings (SSSR count). The maximum atomic E-state index is 11.9. The lowest BCUT2D eigenvalue weighted by atomic mass is 10.1. The van der Waals surface area contributed by atoms with E-state index < -0.39 is 0 Å². The number of hydrogen-bond acceptors (Lipinski definition) is 3. The Kier molecular flexibility index (Phi) is 8.56. The Morgan fingerprint density at radius 3 is 2.42 bits per heavy atom. The van der Waals surface area contributed by atoms with Gasteiger partial charge in [0.1, 0.15) is 5.75 Å². The number of thioether (sulfide) groups is 1. The molecule has 0 aliphatic carbocycles. The van der Waals surface area contributed by atoms with Crippen LogP contribution in [0.2, 0.25) is 0 Å². The molecule has 0 atom stereocenters. The second kappa shape index (κ2) is 10.9. The second-order valence-corrected chi connectivity index (χ2v) is 7.84. The summed E-state index contributed by atoms with van der Waals surface area (Å²) < 4.78 is 5.64. The summed E-state index contributed by atoms with van der Waals surface area (Å²) in [5, 5.41) is 3.01. The minimum Gasteiger partial charge on any atom is -0.491 e. The third kappa shape index (κ3) is 7.96. The van der Waals surface area contributed by atoms with E-state index in [0.29, 0.717) is 6.42 Å². The molecule has 0 unspecified atom stereocenters. The van der Waals surface area contributed by atoms with Gasteiger partial charge in [0.25, 0.3) is 0 Å². The van der Waals surface area contributed by atoms with Gasteiger partial charge in [0.2, 0.25) is 5.91 Å². The molecule has 0 aromatic heterocycles. The Balaban J connectivity index is 1.57. The highest BCUT2D eigenvalue weighted by Crippen LogP contribution is 2.19. The number of rotatable bonds is 10. The van der Waals surface area contributed by atoms with Gasteiger partial charge in [0.15, 0.2) is 0 Å². The van der Waals surface area contributed by atoms with Gasteiger partial charge >= 0.3 is 0 Å². The van der Waals surface area contributed by atoms with Crippen molar-refractivity contribution in [3.05, 3.63) is 59.7 Å². The third-order valence-corrected chi connectivity index (χ3v) is 4.89. The lowest BCUT2D eigenvalue weighted by Crippen LogP contribution is -2.24. The van der Waals surface area contributed by atoms with Crippen LogP contribution in [0.1, 0.15) is 37.8 Å². The van der Waals surface area contributed by atoms with Crippen molar-refractivity contribution in [1.82, 2.24) is 5.32 Å². The fraction of sp³-hybridized carbons (Fsp3) is 0.409. The van der Waals surface area contributed by atoms with Crippen LogP contribution in [-0.4, -0.2) is 24.3 Å². The summed E-state index contributed by atoms with van der Waals surface area (Å²) >= 11 is 1.73. The minimum atomic E-state index is 0.130. The van der Waals surface area contributed by atoms with Crippen molar-refractivity contribution in [3.63, 3.8) is 0 Å². The van der Waals surface area contributed by atoms with Gasteiger partial charge in [-0.3, -0.25) is 4.79 Å². The first-order chi connectivity index (χ1) is 12.5. The Hall–Kier alpha value is -1.94. The first-order valence-corrected chi connectivity index (χ1v) is 10.2. The predicted octanol–water partition coefficient (Wildman–Crippen LogP) is 5.01. The SMILES string of the molecule is Cc1ccc(SCCC(=O)NCCCc2ccc(OC(C)C)cc2)cc1. The summed E-state index contributed by atoms with van der Waals surface area (Å²) in [6.45, 7) is 6.85. The van der Waals surface area contributed by atoms with E-state index in [1.165, 1.54) is 16.0 Å². The Morgan fingerprint density at radius 1 is 1.08 bits per heavy atom. The quantitative estimate of drug-likeness (QED) is 0.471. The van der Waals surface area contributed by atoms with E-state index in [4.69, 9.17) is 4.74 Å². The van der Waals surface area contributed by atoms with Gasteiger partial charge in [-0.2, -0.15) is 0 Å². The highest BCUT2D eigenvalue weighted by atomic mass is 32.2. The molecule has 0 saturated heterocycles. The monoisotopic (exact) mass is 371 g/mol. The average molecular weight is 372 g/mol. The van der Waals surface area contributed by atoms with E-state index in [2.05, 4.69) is 48.6 Å². The molecule has 2 aromatic rings. The van der Waals surface area contributed by atoms with Crippen LogP contribution in [0.4, 0.5) is 0 Å². The molecule has 1 amide bonds. The molecule has 0 radical (unpaired) electrons. The molecule has 2 aromatic carbocycles. The fourth-order valence-electron chi connectivity index (χ4n) is 2.51. The van der Waals surface area contributed by atoms with Gasteiger partial charge in [-0.05, 0) is 63.4 Å². The van der Waals surface area contributed by atoms with E-state index in [0.717, 1.165) is 30.9 Å². The Bertz CT molecular complexity index is 666. The molecule has 0 aliphatic heterocycles. The van der Waals surface area contributed by atoms with E-state index >= 15 is 0 Å². The number of hydrogen-bond donors (Lipinski definition) is 1. The van der Waals surface area contributed by atoms with Crippen LogP contribution in [0.5, 0.6) is 5.75 Å². The molecule has 0 heterocycles. The average Bonchev–Trinajstić information content (AvgIpc) is 2.61. The molecule has 0 bridgehead atoms. The zero-order chi connectivity index (χ0) is 18.8. The molecular formula is C22H29NO2S. The van der Waals surface area contributed by atoms with Gasteiger partial charge in [0, 0.05) is 23.6 Å². The lowest BCUT2D eigenvalue weighted by Gasteiger charge is -2.10. The molecule has 0 fully saturated rings. The maximum Gasteiger partial charge on any atom is 0.220 e. The Morgan fingerprint density at radius 2 is 1.77 bits per heavy atom. The molecule has 140 valence electrons. The van der Waals surface area contributed by atoms with Crippen LogP contribution in [-0.2, 0) is 11.2 Å². The Labute approximate surface area is 161 Å². The summed E-state index contributed by atoms with van der Waals surface area (Å²) in [6, 6.07) is 16.6. The van der Waals surface area contributed by atoms with Gasteiger partial charge in [0.05, 0.1) is 6.10 Å². The van der Waals surface area contributed by atoms with Crippen molar-refractivity contribution < 1.29 is 9.53 Å². The summed E-state index contributed by atoms with van der Waals surface area (Å²) in [6.07, 6.45) is 2.65. The highest BCUT2D eigenvalue weighted by molar-refractivity contribution is 7.99. The number of carbonyl (C=O) groups is 1. The summed E-state index contributed by atoms with van der Waals surface area (Å²) in [5.74, 6) is 1.85. The number of nitrogens with one attached hydrogen (secondary N) is 1. The molecule has 0 spiro atoms. The zero-order valence-corrected chi connectivity index (χ0v) is 16.8. The van der Waals surface area contributed by atoms with E-state index in [9.17, 15) is 4.79 Å². The largest absolute Gasteiger partial charge is 0.491 e. The molecule has 1 N–H and O–H groups in total. The fourth-order valence-corrected chi connectivity index (χ4v) is 3.36. The maximum absolute atomic E-state index is 11.9. The molecule has 0 saturated carbocycles. The molecule has 26 heavy (non-hydrogen) atoms. The number of aryl methyl sites for hydroxylation is 2. The number of carbonyl (C=O) groups excluding carboxylic acids is 1. The van der Waals surface area contributed by atoms with Crippen molar-refractivity contribution in [2.45, 2.75) is 51.0 Å². The smallest absolute Gasteiger partial charge is 0.220 e. The van der Waals surface area contributed by atoms with Crippen LogP contribution in [0.25, 0.3) is 0 Å². The van der Waals surface area contributed by atoms with Gasteiger partial charge in [-0.15, -0.1) is 11.8 Å². The zero-order valence-electron chi connectivity index (χ0n) is 16.0. The van der Waals surface area contributed by atoms with Gasteiger partial charge in [-0.25, -0.2) is 0 Å². The first kappa shape index (κ1) is 20.4. The highest BCUT2D eigenvalue weighted by Gasteiger charge is 2.03. The van der Waals surface area contributed by atoms with Crippen molar-refractivity contribution in [1.29, 1.82) is 0 Å². The van der Waals surface area contributed by atoms with Gasteiger partial charge < -0.3 is 10.1 Å². The van der Waals surface area contributed by atoms with Crippen LogP contribution in [0, 0.1) is 6.92 Å². The van der Waals surface area contributed by atoms with E-state index in [1.54, 1.807) is 11.8 Å². The van der Waals surface area contributed by atoms with Crippen LogP contribution >= 0.6 is 11.8 Å². The van der Waals surface area contributed by atoms with Gasteiger partial charge in [-0.1, -0.05) is 29.8 Å². The first-order valence-electron chi connectivity index (χ1n) is 9.24. The van der Waals surface area contributed by atoms with Crippen molar-refractivity contribution in [2.24, 2.45) is 0 Å². The standard InChI is InChI=1S/C22H29NO2S/c1-17(2)25-20-10-8-19(9-11-20)5-4-15-23-22(24)14-16-26-21-12-6-18(3)7-13-21/h6-13,17H,4-5,14-16H2,1-3H3,(H,23,24). The van der Waals surface area contributed by atoms with Crippen molar-refractivity contribution in [3.8, 4) is 5.75 Å². The minimum absolute atomic E-state index is 0.130. The van der Waals surface area contributed by atoms with Crippen LogP contribution in [0.15, 0.2) is 53.4 Å². The molecular weight excluding hydrogens is 342 g/mol. The second-order valence-electron chi connectivity index (χ2n) is 6.68. The normalized spacial score (nSPS) is 10.8. The number of ether oxygens (including phenoxy) is 1. The summed E-state index contributed by atoms with van der Waals surface area (Å²) in [7, 11) is 0. The van der Waals surface area contributed by atoms with E-state index in [1.807, 2.05) is 26.0 Å². The van der Waals surface area contributed by atoms with Crippen LogP contribution in [0.3, 0.4) is 0 Å². The lowest BCUT2D eigenvalue weighted by molar-refractivity contribution is -0.120. The molecule has 4 heteroatoms. The number of amides is 1. The van der Waals surface area contributed by atoms with Crippen molar-refractivity contribution >= 4 is 17.7 Å². The number of benzene rings is 2.